The summed E-state index contributed by atoms with van der Waals surface area (Å²) in [5, 5.41) is 4.09. The van der Waals surface area contributed by atoms with Gasteiger partial charge in [-0.15, -0.1) is 0 Å². The van der Waals surface area contributed by atoms with Gasteiger partial charge in [-0.1, -0.05) is 0 Å². The summed E-state index contributed by atoms with van der Waals surface area (Å²) < 4.78 is 11.5. The molecule has 2 aromatic rings. The van der Waals surface area contributed by atoms with Crippen molar-refractivity contribution in [1.82, 2.24) is 9.78 Å². The lowest BCUT2D eigenvalue weighted by molar-refractivity contribution is 0.0527. The standard InChI is InChI=1S/C13H15N3O3/c1-3-19-13(17)11-8-15-16(12(11)14)9-4-6-10(18-2)7-5-9/h4-8H,3,14H2,1-2H3. The summed E-state index contributed by atoms with van der Waals surface area (Å²) in [4.78, 5) is 11.6. The first-order valence-electron chi connectivity index (χ1n) is 5.82. The molecule has 2 N–H and O–H groups in total. The molecular weight excluding hydrogens is 246 g/mol. The number of hydrogen-bond donors (Lipinski definition) is 1. The number of nitrogens with zero attached hydrogens (tertiary/aromatic N) is 2. The van der Waals surface area contributed by atoms with Gasteiger partial charge in [0, 0.05) is 0 Å². The van der Waals surface area contributed by atoms with E-state index in [4.69, 9.17) is 15.2 Å². The highest BCUT2D eigenvalue weighted by molar-refractivity contribution is 5.94. The third-order valence-corrected chi connectivity index (χ3v) is 2.62. The number of carbonyl (C=O) groups is 1. The number of nitrogens with two attached hydrogens (primary N) is 1. The fourth-order valence-corrected chi connectivity index (χ4v) is 1.65. The molecule has 2 rings (SSSR count). The monoisotopic (exact) mass is 261 g/mol. The van der Waals surface area contributed by atoms with Crippen molar-refractivity contribution in [2.45, 2.75) is 6.92 Å². The van der Waals surface area contributed by atoms with E-state index in [1.807, 2.05) is 0 Å². The van der Waals surface area contributed by atoms with Gasteiger partial charge >= 0.3 is 5.97 Å². The van der Waals surface area contributed by atoms with Crippen LogP contribution in [0.4, 0.5) is 5.82 Å². The van der Waals surface area contributed by atoms with Crippen molar-refractivity contribution >= 4 is 11.8 Å². The lowest BCUT2D eigenvalue weighted by Gasteiger charge is -2.06. The summed E-state index contributed by atoms with van der Waals surface area (Å²) in [5.74, 6) is 0.517. The lowest BCUT2D eigenvalue weighted by Crippen LogP contribution is -2.08. The van der Waals surface area contributed by atoms with Crippen molar-refractivity contribution < 1.29 is 14.3 Å². The van der Waals surface area contributed by atoms with Gasteiger partial charge in [0.15, 0.2) is 0 Å². The van der Waals surface area contributed by atoms with Gasteiger partial charge in [-0.05, 0) is 31.2 Å². The average Bonchev–Trinajstić information content (AvgIpc) is 2.81. The lowest BCUT2D eigenvalue weighted by atomic mass is 10.3. The number of rotatable bonds is 4. The maximum absolute atomic E-state index is 11.6. The molecule has 0 saturated heterocycles. The van der Waals surface area contributed by atoms with E-state index in [2.05, 4.69) is 5.10 Å². The zero-order valence-electron chi connectivity index (χ0n) is 10.8. The molecule has 0 radical (unpaired) electrons. The molecule has 1 aromatic heterocycles. The Morgan fingerprint density at radius 1 is 1.37 bits per heavy atom. The van der Waals surface area contributed by atoms with Gasteiger partial charge < -0.3 is 15.2 Å². The van der Waals surface area contributed by atoms with E-state index in [0.29, 0.717) is 6.61 Å². The van der Waals surface area contributed by atoms with E-state index in [1.165, 1.54) is 10.9 Å². The SMILES string of the molecule is CCOC(=O)c1cnn(-c2ccc(OC)cc2)c1N. The number of ether oxygens (including phenoxy) is 2. The highest BCUT2D eigenvalue weighted by Crippen LogP contribution is 2.20. The van der Waals surface area contributed by atoms with Gasteiger partial charge in [0.25, 0.3) is 0 Å². The molecular formula is C13H15N3O3. The van der Waals surface area contributed by atoms with E-state index in [0.717, 1.165) is 11.4 Å². The van der Waals surface area contributed by atoms with Gasteiger partial charge in [0.2, 0.25) is 0 Å². The van der Waals surface area contributed by atoms with Crippen LogP contribution in [-0.2, 0) is 4.74 Å². The molecule has 1 heterocycles. The van der Waals surface area contributed by atoms with E-state index in [1.54, 1.807) is 38.3 Å². The zero-order valence-corrected chi connectivity index (χ0v) is 10.8. The van der Waals surface area contributed by atoms with Crippen LogP contribution in [0, 0.1) is 0 Å². The normalized spacial score (nSPS) is 10.2. The molecule has 0 bridgehead atoms. The topological polar surface area (TPSA) is 79.4 Å². The highest BCUT2D eigenvalue weighted by atomic mass is 16.5. The van der Waals surface area contributed by atoms with E-state index >= 15 is 0 Å². The molecule has 6 heteroatoms. The molecule has 0 unspecified atom stereocenters. The Balaban J connectivity index is 2.32. The third kappa shape index (κ3) is 2.52. The molecule has 0 atom stereocenters. The molecule has 0 fully saturated rings. The predicted molar refractivity (Wildman–Crippen MR) is 70.5 cm³/mol. The summed E-state index contributed by atoms with van der Waals surface area (Å²) in [6, 6.07) is 7.19. The third-order valence-electron chi connectivity index (χ3n) is 2.62. The Labute approximate surface area is 110 Å². The number of benzene rings is 1. The van der Waals surface area contributed by atoms with Crippen LogP contribution < -0.4 is 10.5 Å². The fraction of sp³-hybridized carbons (Fsp3) is 0.231. The van der Waals surface area contributed by atoms with Gasteiger partial charge in [-0.3, -0.25) is 0 Å². The summed E-state index contributed by atoms with van der Waals surface area (Å²) in [6.45, 7) is 2.04. The second-order valence-corrected chi connectivity index (χ2v) is 3.77. The van der Waals surface area contributed by atoms with Crippen LogP contribution in [0.5, 0.6) is 5.75 Å². The van der Waals surface area contributed by atoms with Crippen LogP contribution in [-0.4, -0.2) is 29.5 Å². The molecule has 19 heavy (non-hydrogen) atoms. The number of methoxy groups -OCH3 is 1. The first kappa shape index (κ1) is 12.9. The molecule has 0 aliphatic rings. The minimum Gasteiger partial charge on any atom is -0.497 e. The highest BCUT2D eigenvalue weighted by Gasteiger charge is 2.16. The number of aromatic nitrogens is 2. The molecule has 0 spiro atoms. The van der Waals surface area contributed by atoms with Gasteiger partial charge in [-0.25, -0.2) is 9.48 Å². The maximum Gasteiger partial charge on any atom is 0.343 e. The average molecular weight is 261 g/mol. The van der Waals surface area contributed by atoms with Crippen molar-refractivity contribution in [2.75, 3.05) is 19.5 Å². The largest absolute Gasteiger partial charge is 0.497 e. The Kier molecular flexibility index (Phi) is 3.70. The molecule has 6 nitrogen and oxygen atoms in total. The van der Waals surface area contributed by atoms with Crippen LogP contribution in [0.3, 0.4) is 0 Å². The van der Waals surface area contributed by atoms with Crippen molar-refractivity contribution in [2.24, 2.45) is 0 Å². The second-order valence-electron chi connectivity index (χ2n) is 3.77. The first-order chi connectivity index (χ1) is 9.17. The molecule has 0 aliphatic heterocycles. The summed E-state index contributed by atoms with van der Waals surface area (Å²) in [6.07, 6.45) is 1.40. The minimum absolute atomic E-state index is 0.253. The first-order valence-corrected chi connectivity index (χ1v) is 5.82. The van der Waals surface area contributed by atoms with Crippen LogP contribution in [0.25, 0.3) is 5.69 Å². The molecule has 0 amide bonds. The van der Waals surface area contributed by atoms with E-state index in [-0.39, 0.29) is 11.4 Å². The van der Waals surface area contributed by atoms with Crippen LogP contribution in [0.15, 0.2) is 30.5 Å². The number of nitrogen functional groups attached to an aromatic ring is 1. The summed E-state index contributed by atoms with van der Waals surface area (Å²) >= 11 is 0. The van der Waals surface area contributed by atoms with Crippen LogP contribution in [0.1, 0.15) is 17.3 Å². The van der Waals surface area contributed by atoms with Crippen molar-refractivity contribution in [1.29, 1.82) is 0 Å². The second kappa shape index (κ2) is 5.43. The van der Waals surface area contributed by atoms with Crippen molar-refractivity contribution in [3.63, 3.8) is 0 Å². The summed E-state index contributed by atoms with van der Waals surface area (Å²) in [5.41, 5.74) is 6.91. The maximum atomic E-state index is 11.6. The number of anilines is 1. The minimum atomic E-state index is -0.472. The number of esters is 1. The fourth-order valence-electron chi connectivity index (χ4n) is 1.65. The van der Waals surface area contributed by atoms with E-state index < -0.39 is 5.97 Å². The van der Waals surface area contributed by atoms with Crippen LogP contribution >= 0.6 is 0 Å². The Hall–Kier alpha value is -2.50. The van der Waals surface area contributed by atoms with Crippen molar-refractivity contribution in [3.8, 4) is 11.4 Å². The Morgan fingerprint density at radius 3 is 2.63 bits per heavy atom. The van der Waals surface area contributed by atoms with Crippen molar-refractivity contribution in [3.05, 3.63) is 36.0 Å². The summed E-state index contributed by atoms with van der Waals surface area (Å²) in [7, 11) is 1.59. The predicted octanol–water partition coefficient (Wildman–Crippen LogP) is 1.64. The van der Waals surface area contributed by atoms with Crippen LogP contribution in [0.2, 0.25) is 0 Å². The number of hydrogen-bond acceptors (Lipinski definition) is 5. The molecule has 100 valence electrons. The van der Waals surface area contributed by atoms with Gasteiger partial charge in [0.1, 0.15) is 17.1 Å². The number of carbonyl (C=O) groups excluding carboxylic acids is 1. The molecule has 0 aliphatic carbocycles. The smallest absolute Gasteiger partial charge is 0.343 e. The van der Waals surface area contributed by atoms with E-state index in [9.17, 15) is 4.79 Å². The Morgan fingerprint density at radius 2 is 2.05 bits per heavy atom. The zero-order chi connectivity index (χ0) is 13.8. The Bertz CT molecular complexity index is 575. The molecule has 0 saturated carbocycles. The quantitative estimate of drug-likeness (QED) is 0.846. The molecule has 1 aromatic carbocycles. The van der Waals surface area contributed by atoms with Gasteiger partial charge in [0.05, 0.1) is 25.6 Å². The van der Waals surface area contributed by atoms with Gasteiger partial charge in [-0.2, -0.15) is 5.10 Å².